The quantitative estimate of drug-likeness (QED) is 0.0207. The summed E-state index contributed by atoms with van der Waals surface area (Å²) in [6, 6.07) is 51.6. The first-order chi connectivity index (χ1) is 68.3. The molecule has 0 spiro atoms. The SMILES string of the molecule is CC[C@H](C)[C@H](NC(=O)[C@H](CCCCN)NC(=O)[C@H](Cc1ccccc1)NC(=O)[C@H](Cc1ccccc1)NC(=O)[C@H](CCCCN)NC(=O)[C@H](CCCCN)NC(=O)[C@H](Cc1ccccc1)NC(=O)[C@H](Cc1ccccc1)NC(=O)[C@H](CCCCN)NC(=O)[C@H](CCCCN)NC(=O)[C@H](Cc1ccccc1)NC(=O)[C@H](Cc1ccccc1)NC(=O)CNC(=O)OCC1c2ccccc2-c2ccccc21)C(=O)O. The van der Waals surface area contributed by atoms with Gasteiger partial charge in [0.2, 0.25) is 70.9 Å². The van der Waals surface area contributed by atoms with E-state index in [1.807, 2.05) is 48.5 Å². The Hall–Kier alpha value is -14.1. The zero-order valence-corrected chi connectivity index (χ0v) is 80.5. The van der Waals surface area contributed by atoms with E-state index in [0.717, 1.165) is 22.3 Å². The summed E-state index contributed by atoms with van der Waals surface area (Å²) >= 11 is 0. The molecule has 34 nitrogen and oxygen atoms in total. The normalized spacial score (nSPS) is 14.2. The van der Waals surface area contributed by atoms with E-state index in [1.54, 1.807) is 196 Å². The first-order valence-corrected chi connectivity index (χ1v) is 49.0. The molecule has 0 saturated carbocycles. The van der Waals surface area contributed by atoms with E-state index in [-0.39, 0.29) is 129 Å². The maximum absolute atomic E-state index is 15.5. The molecule has 8 aromatic rings. The number of benzene rings is 8. The molecular weight excluding hydrogens is 1790 g/mol. The summed E-state index contributed by atoms with van der Waals surface area (Å²) in [5.41, 5.74) is 37.6. The summed E-state index contributed by atoms with van der Waals surface area (Å²) < 4.78 is 5.70. The smallest absolute Gasteiger partial charge is 0.407 e. The van der Waals surface area contributed by atoms with Crippen LogP contribution < -0.4 is 97.8 Å². The molecule has 141 heavy (non-hydrogen) atoms. The second kappa shape index (κ2) is 60.0. The zero-order valence-electron chi connectivity index (χ0n) is 80.5. The molecule has 0 bridgehead atoms. The molecular formula is C107H140N18O16. The van der Waals surface area contributed by atoms with Gasteiger partial charge in [0.05, 0.1) is 0 Å². The van der Waals surface area contributed by atoms with Gasteiger partial charge < -0.3 is 108 Å². The van der Waals surface area contributed by atoms with E-state index < -0.39 is 168 Å². The van der Waals surface area contributed by atoms with Crippen LogP contribution in [-0.2, 0) is 106 Å². The lowest BCUT2D eigenvalue weighted by Gasteiger charge is -2.29. The molecule has 0 unspecified atom stereocenters. The van der Waals surface area contributed by atoms with Gasteiger partial charge in [0, 0.05) is 44.4 Å². The van der Waals surface area contributed by atoms with Crippen molar-refractivity contribution in [2.45, 2.75) is 234 Å². The van der Waals surface area contributed by atoms with Gasteiger partial charge in [0.25, 0.3) is 0 Å². The lowest BCUT2D eigenvalue weighted by Crippen LogP contribution is -2.61. The Labute approximate surface area is 824 Å². The highest BCUT2D eigenvalue weighted by atomic mass is 16.5. The van der Waals surface area contributed by atoms with Crippen molar-refractivity contribution in [2.24, 2.45) is 34.6 Å². The van der Waals surface area contributed by atoms with Gasteiger partial charge in [0.15, 0.2) is 0 Å². The molecule has 8 aromatic carbocycles. The third-order valence-corrected chi connectivity index (χ3v) is 24.9. The standard InChI is InChI=1S/C107H140N18O16/c1-3-70(2)94(106(138)139)125-99(131)86(56-30-35-61-112)119-103(135)90(65-74-42-16-7-17-43-74)124-105(137)92(67-76-46-20-9-21-47-76)121-98(130)85(55-29-34-60-111)116-96(128)83(53-27-32-58-109)118-102(134)89(64-73-40-14-6-15-41-73)123-104(136)91(66-75-44-18-8-19-45-75)120-97(129)84(54-28-33-59-110)115-95(127)82(52-26-31-57-108)117-101(133)88(63-72-38-12-5-13-39-72)122-100(132)87(62-71-36-10-4-11-37-71)114-93(126)68-113-107(140)141-69-81-79-50-24-22-48-77(79)78-49-23-25-51-80(78)81/h4-25,36-51,70,81-92,94H,3,26-35,52-69,108-112H2,1-2H3,(H,113,140)(H,114,126)(H,115,127)(H,116,128)(H,117,133)(H,118,134)(H,119,135)(H,120,129)(H,121,130)(H,122,132)(H,123,136)(H,124,137)(H,125,131)(H,138,139)/t70-,82-,83-,84-,85-,86-,87-,88-,89-,90-,91-,92-,94-/m0/s1. The number of ether oxygens (including phenoxy) is 1. The van der Waals surface area contributed by atoms with Crippen LogP contribution in [0.4, 0.5) is 4.79 Å². The van der Waals surface area contributed by atoms with Crippen molar-refractivity contribution in [1.82, 2.24) is 69.1 Å². The minimum atomic E-state index is -1.49. The minimum Gasteiger partial charge on any atom is -0.480 e. The van der Waals surface area contributed by atoms with Crippen molar-refractivity contribution < 1.29 is 77.0 Å². The van der Waals surface area contributed by atoms with Crippen molar-refractivity contribution in [3.8, 4) is 11.1 Å². The second-order valence-corrected chi connectivity index (χ2v) is 35.7. The van der Waals surface area contributed by atoms with Crippen LogP contribution in [0.15, 0.2) is 231 Å². The zero-order chi connectivity index (χ0) is 101. The van der Waals surface area contributed by atoms with E-state index >= 15 is 38.4 Å². The van der Waals surface area contributed by atoms with E-state index in [0.29, 0.717) is 91.2 Å². The Morgan fingerprint density at radius 1 is 0.284 bits per heavy atom. The van der Waals surface area contributed by atoms with Gasteiger partial charge in [-0.15, -0.1) is 0 Å². The number of carboxylic acid groups (broad SMARTS) is 1. The van der Waals surface area contributed by atoms with Crippen LogP contribution in [0.2, 0.25) is 0 Å². The predicted octanol–water partition coefficient (Wildman–Crippen LogP) is 5.57. The topological polar surface area (TPSA) is 555 Å². The Bertz CT molecular complexity index is 5260. The van der Waals surface area contributed by atoms with Crippen LogP contribution in [0.25, 0.3) is 11.1 Å². The summed E-state index contributed by atoms with van der Waals surface area (Å²) in [5.74, 6) is -11.7. The highest BCUT2D eigenvalue weighted by Gasteiger charge is 2.40. The molecule has 0 aliphatic heterocycles. The number of hydrogen-bond acceptors (Lipinski definition) is 20. The fourth-order valence-electron chi connectivity index (χ4n) is 16.9. The third kappa shape index (κ3) is 36.9. The molecule has 0 heterocycles. The first-order valence-electron chi connectivity index (χ1n) is 49.0. The number of aliphatic carboxylic acids is 1. The van der Waals surface area contributed by atoms with Gasteiger partial charge in [-0.3, -0.25) is 57.5 Å². The molecule has 1 aliphatic rings. The number of carbonyl (C=O) groups excluding carboxylic acids is 13. The van der Waals surface area contributed by atoms with Crippen molar-refractivity contribution in [3.05, 3.63) is 275 Å². The molecule has 0 radical (unpaired) electrons. The molecule has 13 atom stereocenters. The van der Waals surface area contributed by atoms with Crippen LogP contribution in [0.3, 0.4) is 0 Å². The van der Waals surface area contributed by atoms with E-state index in [9.17, 15) is 33.9 Å². The fourth-order valence-corrected chi connectivity index (χ4v) is 16.9. The molecule has 0 fully saturated rings. The highest BCUT2D eigenvalue weighted by Crippen LogP contribution is 2.44. The van der Waals surface area contributed by atoms with Crippen LogP contribution in [-0.4, -0.2) is 206 Å². The molecule has 34 heteroatoms. The molecule has 9 rings (SSSR count). The molecule has 24 N–H and O–H groups in total. The average molecular weight is 1930 g/mol. The van der Waals surface area contributed by atoms with Crippen molar-refractivity contribution in [2.75, 3.05) is 45.9 Å². The van der Waals surface area contributed by atoms with E-state index in [1.165, 1.54) is 0 Å². The van der Waals surface area contributed by atoms with E-state index in [4.69, 9.17) is 33.4 Å². The predicted molar refractivity (Wildman–Crippen MR) is 539 cm³/mol. The van der Waals surface area contributed by atoms with Crippen molar-refractivity contribution >= 4 is 82.9 Å². The Morgan fingerprint density at radius 3 is 0.730 bits per heavy atom. The number of unbranched alkanes of at least 4 members (excludes halogenated alkanes) is 5. The Balaban J connectivity index is 0.934. The van der Waals surface area contributed by atoms with Crippen molar-refractivity contribution in [1.29, 1.82) is 0 Å². The Kier molecular flexibility index (Phi) is 47.1. The summed E-state index contributed by atoms with van der Waals surface area (Å²) in [6.07, 6.45) is 2.43. The summed E-state index contributed by atoms with van der Waals surface area (Å²) in [4.78, 5) is 206. The van der Waals surface area contributed by atoms with Gasteiger partial charge >= 0.3 is 12.1 Å². The maximum Gasteiger partial charge on any atom is 0.407 e. The lowest BCUT2D eigenvalue weighted by molar-refractivity contribution is -0.144. The maximum atomic E-state index is 15.5. The van der Waals surface area contributed by atoms with Gasteiger partial charge in [-0.1, -0.05) is 251 Å². The van der Waals surface area contributed by atoms with Crippen LogP contribution in [0.1, 0.15) is 167 Å². The van der Waals surface area contributed by atoms with Crippen molar-refractivity contribution in [3.63, 3.8) is 0 Å². The monoisotopic (exact) mass is 1930 g/mol. The molecule has 0 aromatic heterocycles. The number of carbonyl (C=O) groups is 14. The van der Waals surface area contributed by atoms with Gasteiger partial charge in [-0.2, -0.15) is 0 Å². The largest absolute Gasteiger partial charge is 0.480 e. The summed E-state index contributed by atoms with van der Waals surface area (Å²) in [7, 11) is 0. The third-order valence-electron chi connectivity index (χ3n) is 24.9. The van der Waals surface area contributed by atoms with E-state index in [2.05, 4.69) is 69.1 Å². The Morgan fingerprint density at radius 2 is 0.496 bits per heavy atom. The fraction of sp³-hybridized carbons (Fsp3) is 0.421. The number of carboxylic acids is 1. The van der Waals surface area contributed by atoms with Crippen LogP contribution >= 0.6 is 0 Å². The number of nitrogens with two attached hydrogens (primary N) is 5. The molecule has 1 aliphatic carbocycles. The summed E-state index contributed by atoms with van der Waals surface area (Å²) in [5, 5.41) is 46.6. The van der Waals surface area contributed by atoms with Gasteiger partial charge in [-0.05, 0) is 191 Å². The lowest BCUT2D eigenvalue weighted by atomic mass is 9.98. The number of hydrogen-bond donors (Lipinski definition) is 19. The highest BCUT2D eigenvalue weighted by molar-refractivity contribution is 6.00. The van der Waals surface area contributed by atoms with Crippen LogP contribution in [0.5, 0.6) is 0 Å². The number of fused-ring (bicyclic) bond motifs is 3. The second-order valence-electron chi connectivity index (χ2n) is 35.7. The minimum absolute atomic E-state index is 0.00733. The van der Waals surface area contributed by atoms with Crippen LogP contribution in [0, 0.1) is 5.92 Å². The average Bonchev–Trinajstić information content (AvgIpc) is 1.61. The summed E-state index contributed by atoms with van der Waals surface area (Å²) in [6.45, 7) is 3.96. The number of rotatable bonds is 62. The molecule has 754 valence electrons. The van der Waals surface area contributed by atoms with Gasteiger partial charge in [0.1, 0.15) is 85.7 Å². The number of alkyl carbamates (subject to hydrolysis) is 1. The molecule has 0 saturated heterocycles. The number of amides is 13. The van der Waals surface area contributed by atoms with Gasteiger partial charge in [-0.25, -0.2) is 9.59 Å². The number of nitrogens with one attached hydrogen (secondary N) is 13. The molecule has 13 amide bonds. The first kappa shape index (κ1) is 111.